The molecule has 0 aliphatic carbocycles. The number of thioether (sulfide) groups is 1. The lowest BCUT2D eigenvalue weighted by Crippen LogP contribution is -2.15. The monoisotopic (exact) mass is 490 g/mol. The molecule has 0 spiro atoms. The number of ketones is 1. The van der Waals surface area contributed by atoms with Crippen molar-refractivity contribution < 1.29 is 19.0 Å². The molecule has 4 rings (SSSR count). The maximum atomic E-state index is 14.7. The van der Waals surface area contributed by atoms with Crippen molar-refractivity contribution in [3.8, 4) is 11.5 Å². The standard InChI is InChI=1S/C20H16BrFN4O3S/c1-9(11-7-25-20(23)26-8-11)29-13-5-10(15(21)16(22)18(13)28)6-14-17(27)12-3-2-4-24-19(12)30-14/h2-5,7-9,14,28H,6H2,1H3,(H2,23,25,26). The van der Waals surface area contributed by atoms with E-state index in [1.165, 1.54) is 30.2 Å². The molecule has 10 heteroatoms. The zero-order chi connectivity index (χ0) is 21.4. The third kappa shape index (κ3) is 3.84. The van der Waals surface area contributed by atoms with Crippen LogP contribution in [0.3, 0.4) is 0 Å². The van der Waals surface area contributed by atoms with Crippen LogP contribution in [0.5, 0.6) is 11.5 Å². The molecule has 30 heavy (non-hydrogen) atoms. The van der Waals surface area contributed by atoms with Gasteiger partial charge in [0.15, 0.2) is 23.1 Å². The topological polar surface area (TPSA) is 111 Å². The fourth-order valence-corrected chi connectivity index (χ4v) is 4.71. The molecule has 0 saturated carbocycles. The number of anilines is 1. The Labute approximate surface area is 184 Å². The second-order valence-corrected chi connectivity index (χ2v) is 8.66. The van der Waals surface area contributed by atoms with Crippen LogP contribution in [-0.4, -0.2) is 31.1 Å². The molecule has 0 saturated heterocycles. The Balaban J connectivity index is 1.60. The number of halogens is 2. The quantitative estimate of drug-likeness (QED) is 0.549. The second kappa shape index (κ2) is 8.19. The summed E-state index contributed by atoms with van der Waals surface area (Å²) < 4.78 is 20.5. The highest BCUT2D eigenvalue weighted by Gasteiger charge is 2.33. The van der Waals surface area contributed by atoms with Gasteiger partial charge in [-0.05, 0) is 53.0 Å². The highest BCUT2D eigenvalue weighted by molar-refractivity contribution is 9.10. The van der Waals surface area contributed by atoms with E-state index in [1.807, 2.05) is 0 Å². The van der Waals surface area contributed by atoms with Crippen LogP contribution in [0.1, 0.15) is 34.5 Å². The van der Waals surface area contributed by atoms with E-state index in [9.17, 15) is 14.3 Å². The molecule has 7 nitrogen and oxygen atoms in total. The van der Waals surface area contributed by atoms with Crippen molar-refractivity contribution in [2.45, 2.75) is 29.7 Å². The molecule has 3 aromatic rings. The number of ether oxygens (including phenoxy) is 1. The first-order chi connectivity index (χ1) is 14.3. The first-order valence-electron chi connectivity index (χ1n) is 8.95. The number of nitrogens with two attached hydrogens (primary N) is 1. The average Bonchev–Trinajstić information content (AvgIpc) is 3.06. The predicted octanol–water partition coefficient (Wildman–Crippen LogP) is 4.10. The van der Waals surface area contributed by atoms with Crippen LogP contribution >= 0.6 is 27.7 Å². The van der Waals surface area contributed by atoms with Crippen molar-refractivity contribution in [2.75, 3.05) is 5.73 Å². The fourth-order valence-electron chi connectivity index (χ4n) is 3.07. The van der Waals surface area contributed by atoms with Gasteiger partial charge < -0.3 is 15.6 Å². The maximum absolute atomic E-state index is 14.7. The summed E-state index contributed by atoms with van der Waals surface area (Å²) in [7, 11) is 0. The number of rotatable bonds is 5. The smallest absolute Gasteiger partial charge is 0.219 e. The summed E-state index contributed by atoms with van der Waals surface area (Å²) in [6, 6.07) is 4.97. The van der Waals surface area contributed by atoms with Gasteiger partial charge in [0, 0.05) is 24.2 Å². The van der Waals surface area contributed by atoms with Gasteiger partial charge in [0.1, 0.15) is 11.1 Å². The zero-order valence-electron chi connectivity index (χ0n) is 15.7. The molecule has 2 aromatic heterocycles. The van der Waals surface area contributed by atoms with Gasteiger partial charge in [-0.1, -0.05) is 11.8 Å². The number of Topliss-reactive ketones (excluding diaryl/α,β-unsaturated/α-hetero) is 1. The van der Waals surface area contributed by atoms with Crippen molar-refractivity contribution in [3.05, 3.63) is 63.8 Å². The summed E-state index contributed by atoms with van der Waals surface area (Å²) in [5.74, 6) is -1.45. The number of phenols is 1. The van der Waals surface area contributed by atoms with E-state index in [4.69, 9.17) is 10.5 Å². The summed E-state index contributed by atoms with van der Waals surface area (Å²) >= 11 is 4.53. The molecule has 0 radical (unpaired) electrons. The third-order valence-electron chi connectivity index (χ3n) is 4.67. The lowest BCUT2D eigenvalue weighted by Gasteiger charge is -2.18. The molecular formula is C20H16BrFN4O3S. The molecule has 0 fully saturated rings. The van der Waals surface area contributed by atoms with Crippen LogP contribution < -0.4 is 10.5 Å². The highest BCUT2D eigenvalue weighted by atomic mass is 79.9. The van der Waals surface area contributed by atoms with Gasteiger partial charge in [0.2, 0.25) is 5.95 Å². The summed E-state index contributed by atoms with van der Waals surface area (Å²) in [4.78, 5) is 24.7. The van der Waals surface area contributed by atoms with E-state index >= 15 is 0 Å². The average molecular weight is 491 g/mol. The first-order valence-corrected chi connectivity index (χ1v) is 10.6. The SMILES string of the molecule is CC(Oc1cc(CC2Sc3ncccc3C2=O)c(Br)c(F)c1O)c1cnc(N)nc1. The van der Waals surface area contributed by atoms with Crippen molar-refractivity contribution in [3.63, 3.8) is 0 Å². The molecule has 1 aliphatic heterocycles. The molecule has 3 N–H and O–H groups in total. The van der Waals surface area contributed by atoms with E-state index in [2.05, 4.69) is 30.9 Å². The third-order valence-corrected chi connectivity index (χ3v) is 6.75. The van der Waals surface area contributed by atoms with Crippen molar-refractivity contribution in [2.24, 2.45) is 0 Å². The minimum absolute atomic E-state index is 0.0406. The van der Waals surface area contributed by atoms with Crippen LogP contribution in [-0.2, 0) is 6.42 Å². The Morgan fingerprint density at radius 3 is 2.80 bits per heavy atom. The molecule has 2 unspecified atom stereocenters. The maximum Gasteiger partial charge on any atom is 0.219 e. The highest BCUT2D eigenvalue weighted by Crippen LogP contribution is 2.42. The molecule has 1 aromatic carbocycles. The number of phenolic OH excluding ortho intramolecular Hbond substituents is 1. The number of carbonyl (C=O) groups excluding carboxylic acids is 1. The van der Waals surface area contributed by atoms with E-state index in [-0.39, 0.29) is 28.4 Å². The number of benzene rings is 1. The van der Waals surface area contributed by atoms with Crippen LogP contribution in [0.2, 0.25) is 0 Å². The number of hydrogen-bond acceptors (Lipinski definition) is 8. The zero-order valence-corrected chi connectivity index (χ0v) is 18.1. The summed E-state index contributed by atoms with van der Waals surface area (Å²) in [5.41, 5.74) is 7.16. The normalized spacial score (nSPS) is 16.4. The van der Waals surface area contributed by atoms with E-state index in [1.54, 1.807) is 25.3 Å². The van der Waals surface area contributed by atoms with E-state index in [0.717, 1.165) is 0 Å². The Kier molecular flexibility index (Phi) is 5.61. The molecule has 3 heterocycles. The Morgan fingerprint density at radius 1 is 1.37 bits per heavy atom. The minimum Gasteiger partial charge on any atom is -0.502 e. The Hall–Kier alpha value is -2.72. The van der Waals surface area contributed by atoms with Gasteiger partial charge >= 0.3 is 0 Å². The molecule has 2 atom stereocenters. The predicted molar refractivity (Wildman–Crippen MR) is 113 cm³/mol. The van der Waals surface area contributed by atoms with Crippen molar-refractivity contribution >= 4 is 39.4 Å². The van der Waals surface area contributed by atoms with E-state index < -0.39 is 22.9 Å². The number of fused-ring (bicyclic) bond motifs is 1. The lowest BCUT2D eigenvalue weighted by molar-refractivity contribution is 0.0990. The molecule has 0 bridgehead atoms. The fraction of sp³-hybridized carbons (Fsp3) is 0.200. The number of nitrogen functional groups attached to an aromatic ring is 1. The number of aromatic nitrogens is 3. The largest absolute Gasteiger partial charge is 0.502 e. The van der Waals surface area contributed by atoms with Gasteiger partial charge in [-0.2, -0.15) is 0 Å². The van der Waals surface area contributed by atoms with Crippen molar-refractivity contribution in [1.82, 2.24) is 15.0 Å². The Bertz CT molecular complexity index is 1130. The lowest BCUT2D eigenvalue weighted by atomic mass is 10.0. The molecule has 0 amide bonds. The van der Waals surface area contributed by atoms with Crippen LogP contribution in [0.4, 0.5) is 10.3 Å². The van der Waals surface area contributed by atoms with Crippen molar-refractivity contribution in [1.29, 1.82) is 0 Å². The van der Waals surface area contributed by atoms with Crippen LogP contribution in [0.25, 0.3) is 0 Å². The number of carbonyl (C=O) groups is 1. The minimum atomic E-state index is -0.852. The second-order valence-electron chi connectivity index (χ2n) is 6.68. The number of hydrogen-bond donors (Lipinski definition) is 2. The number of pyridine rings is 1. The number of nitrogens with zero attached hydrogens (tertiary/aromatic N) is 3. The van der Waals surface area contributed by atoms with Crippen LogP contribution in [0.15, 0.2) is 46.3 Å². The molecular weight excluding hydrogens is 475 g/mol. The first kappa shape index (κ1) is 20.5. The van der Waals surface area contributed by atoms with Crippen LogP contribution in [0, 0.1) is 5.82 Å². The van der Waals surface area contributed by atoms with Gasteiger partial charge in [-0.15, -0.1) is 0 Å². The summed E-state index contributed by atoms with van der Waals surface area (Å²) in [5, 5.41) is 10.5. The molecule has 1 aliphatic rings. The van der Waals surface area contributed by atoms with Gasteiger partial charge in [0.25, 0.3) is 0 Å². The van der Waals surface area contributed by atoms with Gasteiger partial charge in [-0.3, -0.25) is 4.79 Å². The summed E-state index contributed by atoms with van der Waals surface area (Å²) in [6.45, 7) is 1.71. The van der Waals surface area contributed by atoms with Gasteiger partial charge in [-0.25, -0.2) is 19.3 Å². The number of aromatic hydroxyl groups is 1. The Morgan fingerprint density at radius 2 is 2.10 bits per heavy atom. The van der Waals surface area contributed by atoms with Gasteiger partial charge in [0.05, 0.1) is 15.3 Å². The van der Waals surface area contributed by atoms with E-state index in [0.29, 0.717) is 21.7 Å². The summed E-state index contributed by atoms with van der Waals surface area (Å²) in [6.07, 6.45) is 4.30. The molecule has 154 valence electrons.